The average Bonchev–Trinajstić information content (AvgIpc) is 2.38. The number of carbonyl (C=O) groups is 1. The molecule has 2 atom stereocenters. The van der Waals surface area contributed by atoms with Crippen LogP contribution in [-0.2, 0) is 0 Å². The van der Waals surface area contributed by atoms with Gasteiger partial charge in [0.15, 0.2) is 0 Å². The molecule has 5 heteroatoms. The fraction of sp³-hybridized carbons (Fsp3) is 0.500. The van der Waals surface area contributed by atoms with Crippen LogP contribution in [-0.4, -0.2) is 23.8 Å². The van der Waals surface area contributed by atoms with Gasteiger partial charge in [-0.1, -0.05) is 36.7 Å². The van der Waals surface area contributed by atoms with E-state index in [1.165, 1.54) is 0 Å². The third-order valence-corrected chi connectivity index (χ3v) is 3.30. The summed E-state index contributed by atoms with van der Waals surface area (Å²) in [4.78, 5) is 11.7. The Balaban J connectivity index is 2.38. The van der Waals surface area contributed by atoms with Crippen LogP contribution in [0.15, 0.2) is 24.3 Å². The smallest absolute Gasteiger partial charge is 0.315 e. The number of halogens is 1. The van der Waals surface area contributed by atoms with Crippen molar-refractivity contribution in [3.63, 3.8) is 0 Å². The van der Waals surface area contributed by atoms with Crippen molar-refractivity contribution in [2.24, 2.45) is 0 Å². The van der Waals surface area contributed by atoms with E-state index in [4.69, 9.17) is 11.6 Å². The van der Waals surface area contributed by atoms with E-state index >= 15 is 0 Å². The maximum Gasteiger partial charge on any atom is 0.315 e. The van der Waals surface area contributed by atoms with Crippen LogP contribution in [0.5, 0.6) is 0 Å². The summed E-state index contributed by atoms with van der Waals surface area (Å²) in [6.07, 6.45) is 0.894. The Hall–Kier alpha value is -1.26. The molecule has 0 aliphatic rings. The fourth-order valence-electron chi connectivity index (χ4n) is 1.71. The number of carbonyl (C=O) groups excluding carboxylic acids is 1. The van der Waals surface area contributed by atoms with Crippen molar-refractivity contribution >= 4 is 17.6 Å². The van der Waals surface area contributed by atoms with Gasteiger partial charge in [-0.2, -0.15) is 0 Å². The van der Waals surface area contributed by atoms with Gasteiger partial charge in [0.1, 0.15) is 0 Å². The molecule has 2 unspecified atom stereocenters. The van der Waals surface area contributed by atoms with Crippen LogP contribution in [0.25, 0.3) is 0 Å². The van der Waals surface area contributed by atoms with E-state index in [-0.39, 0.29) is 18.2 Å². The van der Waals surface area contributed by atoms with E-state index in [0.29, 0.717) is 24.4 Å². The molecule has 0 aliphatic carbocycles. The minimum absolute atomic E-state index is 0.162. The van der Waals surface area contributed by atoms with Crippen LogP contribution >= 0.6 is 11.6 Å². The van der Waals surface area contributed by atoms with Crippen molar-refractivity contribution in [1.29, 1.82) is 0 Å². The lowest BCUT2D eigenvalue weighted by Crippen LogP contribution is -2.38. The van der Waals surface area contributed by atoms with Crippen LogP contribution in [0.4, 0.5) is 4.79 Å². The molecule has 3 N–H and O–H groups in total. The second-order valence-electron chi connectivity index (χ2n) is 4.49. The average molecular weight is 285 g/mol. The molecule has 0 bridgehead atoms. The van der Waals surface area contributed by atoms with Crippen LogP contribution in [0.1, 0.15) is 38.3 Å². The summed E-state index contributed by atoms with van der Waals surface area (Å²) in [7, 11) is 0. The van der Waals surface area contributed by atoms with Crippen LogP contribution in [0, 0.1) is 0 Å². The van der Waals surface area contributed by atoms with Gasteiger partial charge in [-0.3, -0.25) is 0 Å². The normalized spacial score (nSPS) is 13.7. The fourth-order valence-corrected chi connectivity index (χ4v) is 2.01. The van der Waals surface area contributed by atoms with Crippen LogP contribution in [0.3, 0.4) is 0 Å². The minimum atomic E-state index is -0.360. The zero-order chi connectivity index (χ0) is 14.3. The molecular weight excluding hydrogens is 264 g/mol. The number of aliphatic hydroxyl groups is 1. The van der Waals surface area contributed by atoms with Crippen molar-refractivity contribution in [3.05, 3.63) is 34.9 Å². The molecule has 0 spiro atoms. The molecule has 1 aromatic carbocycles. The highest BCUT2D eigenvalue weighted by molar-refractivity contribution is 6.31. The van der Waals surface area contributed by atoms with Crippen molar-refractivity contribution < 1.29 is 9.90 Å². The van der Waals surface area contributed by atoms with E-state index < -0.39 is 0 Å². The van der Waals surface area contributed by atoms with Gasteiger partial charge < -0.3 is 15.7 Å². The Kier molecular flexibility index (Phi) is 6.67. The maximum atomic E-state index is 11.7. The third-order valence-electron chi connectivity index (χ3n) is 2.95. The Morgan fingerprint density at radius 3 is 2.74 bits per heavy atom. The molecule has 2 amide bonds. The number of benzene rings is 1. The molecule has 19 heavy (non-hydrogen) atoms. The summed E-state index contributed by atoms with van der Waals surface area (Å²) in [5.41, 5.74) is 0.882. The molecule has 1 aromatic rings. The predicted octanol–water partition coefficient (Wildman–Crippen LogP) is 2.86. The lowest BCUT2D eigenvalue weighted by atomic mass is 10.1. The first kappa shape index (κ1) is 15.8. The van der Waals surface area contributed by atoms with Crippen molar-refractivity contribution in [1.82, 2.24) is 10.6 Å². The summed E-state index contributed by atoms with van der Waals surface area (Å²) in [5, 5.41) is 15.5. The van der Waals surface area contributed by atoms with Gasteiger partial charge >= 0.3 is 6.03 Å². The van der Waals surface area contributed by atoms with Crippen molar-refractivity contribution in [2.45, 2.75) is 38.8 Å². The predicted molar refractivity (Wildman–Crippen MR) is 77.3 cm³/mol. The Bertz CT molecular complexity index is 412. The molecule has 0 saturated heterocycles. The Labute approximate surface area is 119 Å². The second kappa shape index (κ2) is 8.02. The summed E-state index contributed by atoms with van der Waals surface area (Å²) in [6, 6.07) is 7.00. The van der Waals surface area contributed by atoms with Gasteiger partial charge in [0.25, 0.3) is 0 Å². The van der Waals surface area contributed by atoms with Crippen molar-refractivity contribution in [2.75, 3.05) is 6.54 Å². The first-order chi connectivity index (χ1) is 9.04. The molecule has 0 aromatic heterocycles. The van der Waals surface area contributed by atoms with Crippen LogP contribution < -0.4 is 10.6 Å². The quantitative estimate of drug-likeness (QED) is 0.752. The molecule has 1 rings (SSSR count). The molecule has 0 radical (unpaired) electrons. The van der Waals surface area contributed by atoms with E-state index in [9.17, 15) is 9.90 Å². The number of rotatable bonds is 6. The molecule has 0 aliphatic heterocycles. The molecule has 0 heterocycles. The molecule has 0 fully saturated rings. The van der Waals surface area contributed by atoms with Gasteiger partial charge in [-0.25, -0.2) is 4.79 Å². The van der Waals surface area contributed by atoms with E-state index in [1.54, 1.807) is 6.07 Å². The highest BCUT2D eigenvalue weighted by Crippen LogP contribution is 2.21. The number of nitrogens with one attached hydrogen (secondary N) is 2. The minimum Gasteiger partial charge on any atom is -0.393 e. The zero-order valence-electron chi connectivity index (χ0n) is 11.3. The van der Waals surface area contributed by atoms with E-state index in [1.807, 2.05) is 32.0 Å². The summed E-state index contributed by atoms with van der Waals surface area (Å²) >= 11 is 6.06. The molecule has 106 valence electrons. The summed E-state index contributed by atoms with van der Waals surface area (Å²) in [6.45, 7) is 4.24. The maximum absolute atomic E-state index is 11.7. The number of urea groups is 1. The Morgan fingerprint density at radius 1 is 1.42 bits per heavy atom. The van der Waals surface area contributed by atoms with Gasteiger partial charge in [0.05, 0.1) is 12.1 Å². The van der Waals surface area contributed by atoms with Gasteiger partial charge in [0, 0.05) is 11.6 Å². The number of amides is 2. The monoisotopic (exact) mass is 284 g/mol. The standard InChI is InChI=1S/C14H21ClN2O2/c1-3-11(18)8-9-16-14(19)17-10(2)12-6-4-5-7-13(12)15/h4-7,10-11,18H,3,8-9H2,1-2H3,(H2,16,17,19). The number of hydrogen-bond acceptors (Lipinski definition) is 2. The topological polar surface area (TPSA) is 61.4 Å². The zero-order valence-corrected chi connectivity index (χ0v) is 12.1. The second-order valence-corrected chi connectivity index (χ2v) is 4.90. The van der Waals surface area contributed by atoms with Crippen LogP contribution in [0.2, 0.25) is 5.02 Å². The highest BCUT2D eigenvalue weighted by Gasteiger charge is 2.11. The summed E-state index contributed by atoms with van der Waals surface area (Å²) < 4.78 is 0. The highest BCUT2D eigenvalue weighted by atomic mass is 35.5. The number of hydrogen-bond donors (Lipinski definition) is 3. The van der Waals surface area contributed by atoms with E-state index in [0.717, 1.165) is 5.56 Å². The largest absolute Gasteiger partial charge is 0.393 e. The first-order valence-corrected chi connectivity index (χ1v) is 6.89. The van der Waals surface area contributed by atoms with Crippen molar-refractivity contribution in [3.8, 4) is 0 Å². The lowest BCUT2D eigenvalue weighted by molar-refractivity contribution is 0.160. The molecular formula is C14H21ClN2O2. The lowest BCUT2D eigenvalue weighted by Gasteiger charge is -2.16. The van der Waals surface area contributed by atoms with Gasteiger partial charge in [-0.15, -0.1) is 0 Å². The molecule has 4 nitrogen and oxygen atoms in total. The number of aliphatic hydroxyl groups excluding tert-OH is 1. The Morgan fingerprint density at radius 2 is 2.11 bits per heavy atom. The summed E-state index contributed by atoms with van der Waals surface area (Å²) in [5.74, 6) is 0. The SMILES string of the molecule is CCC(O)CCNC(=O)NC(C)c1ccccc1Cl. The molecule has 0 saturated carbocycles. The van der Waals surface area contributed by atoms with Gasteiger partial charge in [-0.05, 0) is 31.4 Å². The first-order valence-electron chi connectivity index (χ1n) is 6.51. The third kappa shape index (κ3) is 5.49. The van der Waals surface area contributed by atoms with Gasteiger partial charge in [0.2, 0.25) is 0 Å². The van der Waals surface area contributed by atoms with E-state index in [2.05, 4.69) is 10.6 Å².